The molecule has 7 heteroatoms. The van der Waals surface area contributed by atoms with E-state index < -0.39 is 17.4 Å². The summed E-state index contributed by atoms with van der Waals surface area (Å²) >= 11 is 6.08. The van der Waals surface area contributed by atoms with E-state index in [0.29, 0.717) is 24.0 Å². The molecule has 0 aromatic heterocycles. The second kappa shape index (κ2) is 7.19. The highest BCUT2D eigenvalue weighted by atomic mass is 35.5. The molecule has 0 radical (unpaired) electrons. The Morgan fingerprint density at radius 3 is 2.39 bits per heavy atom. The van der Waals surface area contributed by atoms with Crippen molar-refractivity contribution >= 4 is 23.5 Å². The van der Waals surface area contributed by atoms with Gasteiger partial charge in [0, 0.05) is 31.1 Å². The van der Waals surface area contributed by atoms with E-state index in [4.69, 9.17) is 21.1 Å². The molecule has 1 amide bonds. The van der Waals surface area contributed by atoms with Crippen molar-refractivity contribution < 1.29 is 24.2 Å². The normalized spacial score (nSPS) is 16.7. The van der Waals surface area contributed by atoms with Gasteiger partial charge >= 0.3 is 5.97 Å². The highest BCUT2D eigenvalue weighted by molar-refractivity contribution is 6.32. The van der Waals surface area contributed by atoms with E-state index in [1.165, 1.54) is 0 Å². The van der Waals surface area contributed by atoms with E-state index in [9.17, 15) is 14.7 Å². The molecule has 2 N–H and O–H groups in total. The number of carbonyl (C=O) groups is 2. The van der Waals surface area contributed by atoms with E-state index in [0.717, 1.165) is 11.1 Å². The summed E-state index contributed by atoms with van der Waals surface area (Å²) in [5.41, 5.74) is 0.437. The number of carboxylic acids is 1. The lowest BCUT2D eigenvalue weighted by Gasteiger charge is -2.33. The number of amides is 1. The Labute approximate surface area is 139 Å². The number of benzene rings is 1. The van der Waals surface area contributed by atoms with Crippen LogP contribution in [0.5, 0.6) is 5.75 Å². The maximum Gasteiger partial charge on any atom is 0.329 e. The second-order valence-electron chi connectivity index (χ2n) is 5.71. The molecule has 1 aliphatic rings. The molecule has 0 saturated carbocycles. The van der Waals surface area contributed by atoms with Gasteiger partial charge in [-0.15, -0.1) is 0 Å². The number of aryl methyl sites for hydroxylation is 2. The zero-order valence-electron chi connectivity index (χ0n) is 13.1. The Morgan fingerprint density at radius 1 is 1.30 bits per heavy atom. The number of hydrogen-bond donors (Lipinski definition) is 2. The van der Waals surface area contributed by atoms with Crippen molar-refractivity contribution in [2.45, 2.75) is 32.2 Å². The molecule has 0 atom stereocenters. The standard InChI is InChI=1S/C16H20ClNO5/c1-10-7-12(8-11(2)14(10)17)23-9-13(19)18-16(15(20)21)3-5-22-6-4-16/h7-8H,3-6,9H2,1-2H3,(H,18,19)(H,20,21). The van der Waals surface area contributed by atoms with Crippen molar-refractivity contribution in [2.75, 3.05) is 19.8 Å². The van der Waals surface area contributed by atoms with Crippen molar-refractivity contribution in [3.63, 3.8) is 0 Å². The quantitative estimate of drug-likeness (QED) is 0.856. The Morgan fingerprint density at radius 2 is 1.87 bits per heavy atom. The number of hydrogen-bond acceptors (Lipinski definition) is 4. The van der Waals surface area contributed by atoms with Crippen LogP contribution in [-0.2, 0) is 14.3 Å². The molecular weight excluding hydrogens is 322 g/mol. The summed E-state index contributed by atoms with van der Waals surface area (Å²) in [6.45, 7) is 4.07. The maximum atomic E-state index is 12.1. The van der Waals surface area contributed by atoms with Crippen molar-refractivity contribution in [2.24, 2.45) is 0 Å². The molecule has 0 spiro atoms. The first-order valence-electron chi connectivity index (χ1n) is 7.36. The number of ether oxygens (including phenoxy) is 2. The number of nitrogens with one attached hydrogen (secondary N) is 1. The minimum atomic E-state index is -1.27. The second-order valence-corrected chi connectivity index (χ2v) is 6.09. The van der Waals surface area contributed by atoms with Gasteiger partial charge in [0.25, 0.3) is 5.91 Å². The zero-order valence-corrected chi connectivity index (χ0v) is 13.9. The molecule has 0 aliphatic carbocycles. The summed E-state index contributed by atoms with van der Waals surface area (Å²) in [7, 11) is 0. The first-order valence-corrected chi connectivity index (χ1v) is 7.73. The van der Waals surface area contributed by atoms with Crippen LogP contribution in [0.4, 0.5) is 0 Å². The van der Waals surface area contributed by atoms with Crippen LogP contribution in [0.25, 0.3) is 0 Å². The van der Waals surface area contributed by atoms with Gasteiger partial charge in [-0.1, -0.05) is 11.6 Å². The molecule has 23 heavy (non-hydrogen) atoms. The Kier molecular flexibility index (Phi) is 5.49. The van der Waals surface area contributed by atoms with Crippen LogP contribution in [0.3, 0.4) is 0 Å². The van der Waals surface area contributed by atoms with E-state index in [1.807, 2.05) is 13.8 Å². The molecule has 0 bridgehead atoms. The molecule has 1 aliphatic heterocycles. The van der Waals surface area contributed by atoms with Gasteiger partial charge in [0.05, 0.1) is 0 Å². The van der Waals surface area contributed by atoms with Gasteiger partial charge in [0.2, 0.25) is 0 Å². The molecule has 126 valence electrons. The molecule has 1 aromatic carbocycles. The molecular formula is C16H20ClNO5. The van der Waals surface area contributed by atoms with Crippen LogP contribution in [0, 0.1) is 13.8 Å². The lowest BCUT2D eigenvalue weighted by molar-refractivity contribution is -0.152. The summed E-state index contributed by atoms with van der Waals surface area (Å²) < 4.78 is 10.6. The molecule has 1 aromatic rings. The SMILES string of the molecule is Cc1cc(OCC(=O)NC2(C(=O)O)CCOCC2)cc(C)c1Cl. The topological polar surface area (TPSA) is 84.9 Å². The van der Waals surface area contributed by atoms with Gasteiger partial charge < -0.3 is 19.9 Å². The van der Waals surface area contributed by atoms with Crippen LogP contribution in [0.1, 0.15) is 24.0 Å². The number of carbonyl (C=O) groups excluding carboxylic acids is 1. The fourth-order valence-corrected chi connectivity index (χ4v) is 2.66. The number of rotatable bonds is 5. The minimum Gasteiger partial charge on any atom is -0.484 e. The monoisotopic (exact) mass is 341 g/mol. The third-order valence-corrected chi connectivity index (χ3v) is 4.51. The fraction of sp³-hybridized carbons (Fsp3) is 0.500. The van der Waals surface area contributed by atoms with Gasteiger partial charge in [0.15, 0.2) is 6.61 Å². The average molecular weight is 342 g/mol. The van der Waals surface area contributed by atoms with E-state index in [-0.39, 0.29) is 19.4 Å². The highest BCUT2D eigenvalue weighted by Gasteiger charge is 2.41. The Hall–Kier alpha value is -1.79. The lowest BCUT2D eigenvalue weighted by atomic mass is 9.90. The van der Waals surface area contributed by atoms with Crippen molar-refractivity contribution in [3.8, 4) is 5.75 Å². The average Bonchev–Trinajstić information content (AvgIpc) is 2.51. The summed E-state index contributed by atoms with van der Waals surface area (Å²) in [6, 6.07) is 3.48. The molecule has 1 heterocycles. The molecule has 6 nitrogen and oxygen atoms in total. The Bertz CT molecular complexity index is 587. The fourth-order valence-electron chi connectivity index (χ4n) is 2.55. The number of aliphatic carboxylic acids is 1. The molecule has 1 fully saturated rings. The largest absolute Gasteiger partial charge is 0.484 e. The first-order chi connectivity index (χ1) is 10.8. The molecule has 1 saturated heterocycles. The van der Waals surface area contributed by atoms with Crippen LogP contribution in [0.15, 0.2) is 12.1 Å². The van der Waals surface area contributed by atoms with Gasteiger partial charge in [-0.25, -0.2) is 4.79 Å². The maximum absolute atomic E-state index is 12.1. The molecule has 2 rings (SSSR count). The van der Waals surface area contributed by atoms with Crippen LogP contribution in [-0.4, -0.2) is 42.3 Å². The third-order valence-electron chi connectivity index (χ3n) is 3.91. The van der Waals surface area contributed by atoms with Crippen LogP contribution >= 0.6 is 11.6 Å². The van der Waals surface area contributed by atoms with Crippen molar-refractivity contribution in [1.82, 2.24) is 5.32 Å². The van der Waals surface area contributed by atoms with Gasteiger partial charge in [-0.05, 0) is 37.1 Å². The van der Waals surface area contributed by atoms with Crippen LogP contribution in [0.2, 0.25) is 5.02 Å². The number of carboxylic acid groups (broad SMARTS) is 1. The highest BCUT2D eigenvalue weighted by Crippen LogP contribution is 2.26. The minimum absolute atomic E-state index is 0.243. The van der Waals surface area contributed by atoms with Gasteiger partial charge in [0.1, 0.15) is 11.3 Å². The Balaban J connectivity index is 1.98. The van der Waals surface area contributed by atoms with Crippen LogP contribution < -0.4 is 10.1 Å². The lowest BCUT2D eigenvalue weighted by Crippen LogP contribution is -2.58. The summed E-state index contributed by atoms with van der Waals surface area (Å²) in [5, 5.41) is 12.6. The summed E-state index contributed by atoms with van der Waals surface area (Å²) in [4.78, 5) is 23.6. The first kappa shape index (κ1) is 17.6. The third kappa shape index (κ3) is 4.14. The summed E-state index contributed by atoms with van der Waals surface area (Å²) in [5.74, 6) is -0.997. The van der Waals surface area contributed by atoms with Gasteiger partial charge in [-0.3, -0.25) is 4.79 Å². The predicted octanol–water partition coefficient (Wildman–Crippen LogP) is 2.09. The van der Waals surface area contributed by atoms with E-state index >= 15 is 0 Å². The van der Waals surface area contributed by atoms with E-state index in [2.05, 4.69) is 5.32 Å². The summed E-state index contributed by atoms with van der Waals surface area (Å²) in [6.07, 6.45) is 0.487. The molecule has 0 unspecified atom stereocenters. The van der Waals surface area contributed by atoms with Crippen molar-refractivity contribution in [1.29, 1.82) is 0 Å². The smallest absolute Gasteiger partial charge is 0.329 e. The van der Waals surface area contributed by atoms with Crippen molar-refractivity contribution in [3.05, 3.63) is 28.3 Å². The zero-order chi connectivity index (χ0) is 17.0. The number of halogens is 1. The van der Waals surface area contributed by atoms with E-state index in [1.54, 1.807) is 12.1 Å². The van der Waals surface area contributed by atoms with Gasteiger partial charge in [-0.2, -0.15) is 0 Å². The predicted molar refractivity (Wildman–Crippen MR) is 85.0 cm³/mol.